The Hall–Kier alpha value is -2.91. The molecule has 0 amide bonds. The summed E-state index contributed by atoms with van der Waals surface area (Å²) < 4.78 is 14.5. The number of aryl methyl sites for hydroxylation is 2. The van der Waals surface area contributed by atoms with Gasteiger partial charge in [-0.3, -0.25) is 14.4 Å². The van der Waals surface area contributed by atoms with Crippen LogP contribution in [-0.2, 0) is 37.7 Å². The lowest BCUT2D eigenvalue weighted by molar-refractivity contribution is 0.0593. The molecule has 170 valence electrons. The molecule has 0 spiro atoms. The molecule has 3 aromatic heterocycles. The number of hydrogen-bond acceptors (Lipinski definition) is 7. The zero-order chi connectivity index (χ0) is 22.7. The number of aromatic nitrogens is 3. The van der Waals surface area contributed by atoms with E-state index in [1.54, 1.807) is 15.9 Å². The first kappa shape index (κ1) is 22.3. The maximum absolute atomic E-state index is 12.9. The van der Waals surface area contributed by atoms with Gasteiger partial charge < -0.3 is 14.0 Å². The third kappa shape index (κ3) is 4.78. The van der Waals surface area contributed by atoms with E-state index in [0.717, 1.165) is 24.3 Å². The summed E-state index contributed by atoms with van der Waals surface area (Å²) in [5.74, 6) is -0.171. The number of ether oxygens (including phenoxy) is 2. The van der Waals surface area contributed by atoms with Gasteiger partial charge in [-0.15, -0.1) is 0 Å². The predicted molar refractivity (Wildman–Crippen MR) is 122 cm³/mol. The van der Waals surface area contributed by atoms with Crippen molar-refractivity contribution in [2.75, 3.05) is 26.8 Å². The minimum Gasteiger partial charge on any atom is -0.492 e. The van der Waals surface area contributed by atoms with Gasteiger partial charge in [-0.05, 0) is 29.3 Å². The topological polar surface area (TPSA) is 78.6 Å². The Morgan fingerprint density at radius 3 is 2.81 bits per heavy atom. The lowest BCUT2D eigenvalue weighted by Gasteiger charge is -2.18. The maximum atomic E-state index is 12.9. The van der Waals surface area contributed by atoms with Crippen molar-refractivity contribution >= 4 is 17.3 Å². The van der Waals surface area contributed by atoms with Crippen LogP contribution in [0.5, 0.6) is 5.75 Å². The largest absolute Gasteiger partial charge is 0.492 e. The summed E-state index contributed by atoms with van der Waals surface area (Å²) in [7, 11) is 3.27. The highest BCUT2D eigenvalue weighted by Gasteiger charge is 2.26. The molecule has 0 bridgehead atoms. The van der Waals surface area contributed by atoms with Crippen LogP contribution in [-0.4, -0.2) is 52.0 Å². The van der Waals surface area contributed by atoms with E-state index in [9.17, 15) is 9.59 Å². The fraction of sp³-hybridized carbons (Fsp3) is 0.435. The van der Waals surface area contributed by atoms with Crippen LogP contribution in [0.1, 0.15) is 32.9 Å². The highest BCUT2D eigenvalue weighted by molar-refractivity contribution is 7.07. The highest BCUT2D eigenvalue weighted by atomic mass is 32.1. The molecule has 4 heterocycles. The molecule has 0 saturated carbocycles. The van der Waals surface area contributed by atoms with Crippen molar-refractivity contribution in [1.29, 1.82) is 0 Å². The standard InChI is InChI=1S/C23H28N4O4S/c1-16-18(13-25(2)24-16)14-26-7-4-19-22(23(29)30-3)20(12-21(28)27(19)9-8-26)31-10-5-17-6-11-32-15-17/h6,11-13,15H,4-5,7-10,14H2,1-3H3. The van der Waals surface area contributed by atoms with Crippen molar-refractivity contribution in [3.8, 4) is 5.75 Å². The van der Waals surface area contributed by atoms with E-state index in [-0.39, 0.29) is 5.56 Å². The zero-order valence-electron chi connectivity index (χ0n) is 18.7. The summed E-state index contributed by atoms with van der Waals surface area (Å²) in [6.45, 7) is 5.07. The van der Waals surface area contributed by atoms with Gasteiger partial charge in [0.15, 0.2) is 0 Å². The lowest BCUT2D eigenvalue weighted by Crippen LogP contribution is -2.29. The molecule has 0 radical (unpaired) electrons. The molecule has 1 aliphatic heterocycles. The number of fused-ring (bicyclic) bond motifs is 1. The predicted octanol–water partition coefficient (Wildman–Crippen LogP) is 2.42. The van der Waals surface area contributed by atoms with Crippen LogP contribution in [0.15, 0.2) is 33.9 Å². The van der Waals surface area contributed by atoms with Gasteiger partial charge in [0.25, 0.3) is 5.56 Å². The van der Waals surface area contributed by atoms with Gasteiger partial charge in [0, 0.05) is 69.6 Å². The van der Waals surface area contributed by atoms with Crippen molar-refractivity contribution in [2.45, 2.75) is 32.9 Å². The molecule has 0 saturated heterocycles. The molecule has 0 unspecified atom stereocenters. The number of carbonyl (C=O) groups excluding carboxylic acids is 1. The van der Waals surface area contributed by atoms with Gasteiger partial charge in [-0.1, -0.05) is 0 Å². The number of nitrogens with zero attached hydrogens (tertiary/aromatic N) is 4. The summed E-state index contributed by atoms with van der Waals surface area (Å²) >= 11 is 1.63. The van der Waals surface area contributed by atoms with E-state index >= 15 is 0 Å². The first-order chi connectivity index (χ1) is 15.5. The first-order valence-corrected chi connectivity index (χ1v) is 11.6. The fourth-order valence-corrected chi connectivity index (χ4v) is 4.85. The smallest absolute Gasteiger partial charge is 0.343 e. The van der Waals surface area contributed by atoms with Gasteiger partial charge >= 0.3 is 5.97 Å². The molecule has 3 aromatic rings. The molecule has 4 rings (SSSR count). The number of methoxy groups -OCH3 is 1. The summed E-state index contributed by atoms with van der Waals surface area (Å²) in [5.41, 5.74) is 4.22. The summed E-state index contributed by atoms with van der Waals surface area (Å²) in [6, 6.07) is 3.46. The Labute approximate surface area is 191 Å². The van der Waals surface area contributed by atoms with Gasteiger partial charge in [-0.25, -0.2) is 4.79 Å². The van der Waals surface area contributed by atoms with E-state index in [2.05, 4.69) is 15.4 Å². The second-order valence-electron chi connectivity index (χ2n) is 7.98. The molecule has 0 aromatic carbocycles. The van der Waals surface area contributed by atoms with E-state index in [0.29, 0.717) is 49.5 Å². The Morgan fingerprint density at radius 1 is 1.28 bits per heavy atom. The Balaban J connectivity index is 1.57. The second-order valence-corrected chi connectivity index (χ2v) is 8.76. The number of carbonyl (C=O) groups is 1. The minimum atomic E-state index is -0.476. The summed E-state index contributed by atoms with van der Waals surface area (Å²) in [5, 5.41) is 8.50. The number of thiophene rings is 1. The molecular formula is C23H28N4O4S. The Kier molecular flexibility index (Phi) is 6.76. The minimum absolute atomic E-state index is 0.155. The number of hydrogen-bond donors (Lipinski definition) is 0. The fourth-order valence-electron chi connectivity index (χ4n) is 4.15. The normalized spacial score (nSPS) is 14.1. The molecule has 9 heteroatoms. The van der Waals surface area contributed by atoms with Gasteiger partial charge in [0.2, 0.25) is 0 Å². The van der Waals surface area contributed by atoms with Crippen LogP contribution >= 0.6 is 11.3 Å². The number of pyridine rings is 1. The molecule has 0 atom stereocenters. The van der Waals surface area contributed by atoms with E-state index in [4.69, 9.17) is 9.47 Å². The van der Waals surface area contributed by atoms with Crippen LogP contribution in [0.25, 0.3) is 0 Å². The lowest BCUT2D eigenvalue weighted by atomic mass is 10.1. The molecule has 0 N–H and O–H groups in total. The average Bonchev–Trinajstić information content (AvgIpc) is 3.33. The van der Waals surface area contributed by atoms with Gasteiger partial charge in [-0.2, -0.15) is 16.4 Å². The molecular weight excluding hydrogens is 428 g/mol. The van der Waals surface area contributed by atoms with E-state index in [1.165, 1.54) is 18.7 Å². The van der Waals surface area contributed by atoms with E-state index < -0.39 is 5.97 Å². The van der Waals surface area contributed by atoms with Gasteiger partial charge in [0.1, 0.15) is 11.3 Å². The van der Waals surface area contributed by atoms with Crippen LogP contribution in [0, 0.1) is 6.92 Å². The molecule has 1 aliphatic rings. The molecule has 0 aliphatic carbocycles. The number of rotatable bonds is 7. The Bertz CT molecular complexity index is 1150. The highest BCUT2D eigenvalue weighted by Crippen LogP contribution is 2.25. The van der Waals surface area contributed by atoms with E-state index in [1.807, 2.05) is 36.3 Å². The van der Waals surface area contributed by atoms with Crippen LogP contribution in [0.2, 0.25) is 0 Å². The third-order valence-electron chi connectivity index (χ3n) is 5.81. The third-order valence-corrected chi connectivity index (χ3v) is 6.55. The maximum Gasteiger partial charge on any atom is 0.343 e. The molecule has 0 fully saturated rings. The molecule has 8 nitrogen and oxygen atoms in total. The average molecular weight is 457 g/mol. The van der Waals surface area contributed by atoms with Crippen molar-refractivity contribution in [3.05, 3.63) is 67.5 Å². The number of esters is 1. The van der Waals surface area contributed by atoms with Gasteiger partial charge in [0.05, 0.1) is 19.4 Å². The van der Waals surface area contributed by atoms with Crippen molar-refractivity contribution in [3.63, 3.8) is 0 Å². The quantitative estimate of drug-likeness (QED) is 0.508. The van der Waals surface area contributed by atoms with Crippen molar-refractivity contribution < 1.29 is 14.3 Å². The second kappa shape index (κ2) is 9.70. The first-order valence-electron chi connectivity index (χ1n) is 10.7. The molecule has 32 heavy (non-hydrogen) atoms. The monoisotopic (exact) mass is 456 g/mol. The van der Waals surface area contributed by atoms with Crippen LogP contribution < -0.4 is 10.3 Å². The zero-order valence-corrected chi connectivity index (χ0v) is 19.5. The van der Waals surface area contributed by atoms with Crippen LogP contribution in [0.4, 0.5) is 0 Å². The van der Waals surface area contributed by atoms with Crippen LogP contribution in [0.3, 0.4) is 0 Å². The SMILES string of the molecule is COC(=O)c1c(OCCc2ccsc2)cc(=O)n2c1CCN(Cc1cn(C)nc1C)CC2. The summed E-state index contributed by atoms with van der Waals surface area (Å²) in [6.07, 6.45) is 3.29. The Morgan fingerprint density at radius 2 is 2.12 bits per heavy atom. The van der Waals surface area contributed by atoms with Crippen molar-refractivity contribution in [2.24, 2.45) is 7.05 Å². The van der Waals surface area contributed by atoms with Crippen molar-refractivity contribution in [1.82, 2.24) is 19.2 Å². The summed E-state index contributed by atoms with van der Waals surface area (Å²) in [4.78, 5) is 27.9.